The molecular formula is C30H25ClN2O7. The number of allylic oxidation sites excluding steroid dienone is 2. The molecule has 0 saturated carbocycles. The van der Waals surface area contributed by atoms with Crippen LogP contribution >= 0.6 is 11.6 Å². The minimum absolute atomic E-state index is 0.0230. The molecular weight excluding hydrogens is 536 g/mol. The van der Waals surface area contributed by atoms with Gasteiger partial charge in [0.05, 0.1) is 34.9 Å². The van der Waals surface area contributed by atoms with E-state index in [-0.39, 0.29) is 28.8 Å². The summed E-state index contributed by atoms with van der Waals surface area (Å²) in [6, 6.07) is 16.6. The van der Waals surface area contributed by atoms with Crippen LogP contribution in [0.25, 0.3) is 5.70 Å². The zero-order chi connectivity index (χ0) is 28.6. The van der Waals surface area contributed by atoms with Crippen LogP contribution < -0.4 is 14.8 Å². The Balaban J connectivity index is 1.57. The molecule has 0 radical (unpaired) electrons. The van der Waals surface area contributed by atoms with Crippen LogP contribution in [0.2, 0.25) is 5.02 Å². The van der Waals surface area contributed by atoms with Crippen molar-refractivity contribution in [1.82, 2.24) is 5.32 Å². The first-order valence-corrected chi connectivity index (χ1v) is 12.9. The SMILES string of the molecule is CCOc1cc([C@@H]2C(C(=O)OC)=C(C)NC3=C2C(=O)c2ccccc23)cc(Cl)c1OCc1ccc([N+](=O)[O-])cc1. The Kier molecular flexibility index (Phi) is 7.32. The van der Waals surface area contributed by atoms with Crippen LogP contribution in [0.4, 0.5) is 5.69 Å². The number of dihydropyridines is 1. The molecule has 3 aromatic carbocycles. The van der Waals surface area contributed by atoms with Gasteiger partial charge in [-0.3, -0.25) is 14.9 Å². The highest BCUT2D eigenvalue weighted by molar-refractivity contribution is 6.32. The van der Waals surface area contributed by atoms with Crippen LogP contribution in [-0.4, -0.2) is 30.4 Å². The number of fused-ring (bicyclic) bond motifs is 2. The summed E-state index contributed by atoms with van der Waals surface area (Å²) in [5.74, 6) is -0.931. The normalized spacial score (nSPS) is 15.8. The Bertz CT molecular complexity index is 1610. The van der Waals surface area contributed by atoms with E-state index in [9.17, 15) is 19.7 Å². The van der Waals surface area contributed by atoms with Gasteiger partial charge >= 0.3 is 5.97 Å². The summed E-state index contributed by atoms with van der Waals surface area (Å²) in [6.07, 6.45) is 0. The summed E-state index contributed by atoms with van der Waals surface area (Å²) in [5.41, 5.74) is 4.46. The number of carbonyl (C=O) groups is 2. The molecule has 0 bridgehead atoms. The maximum Gasteiger partial charge on any atom is 0.336 e. The molecule has 0 unspecified atom stereocenters. The molecule has 0 spiro atoms. The number of nitro benzene ring substituents is 1. The highest BCUT2D eigenvalue weighted by atomic mass is 35.5. The van der Waals surface area contributed by atoms with Crippen LogP contribution in [0.15, 0.2) is 77.5 Å². The van der Waals surface area contributed by atoms with Gasteiger partial charge in [-0.15, -0.1) is 0 Å². The fourth-order valence-corrected chi connectivity index (χ4v) is 5.34. The molecule has 0 saturated heterocycles. The van der Waals surface area contributed by atoms with Crippen LogP contribution in [0.5, 0.6) is 11.5 Å². The highest BCUT2D eigenvalue weighted by Gasteiger charge is 2.43. The van der Waals surface area contributed by atoms with Gasteiger partial charge in [0, 0.05) is 40.4 Å². The summed E-state index contributed by atoms with van der Waals surface area (Å²) in [6.45, 7) is 3.96. The molecule has 1 N–H and O–H groups in total. The Morgan fingerprint density at radius 3 is 2.42 bits per heavy atom. The average molecular weight is 561 g/mol. The van der Waals surface area contributed by atoms with Gasteiger partial charge in [0.25, 0.3) is 5.69 Å². The first-order valence-electron chi connectivity index (χ1n) is 12.5. The molecule has 0 aromatic heterocycles. The zero-order valence-electron chi connectivity index (χ0n) is 21.9. The monoisotopic (exact) mass is 560 g/mol. The maximum absolute atomic E-state index is 13.7. The van der Waals surface area contributed by atoms with Gasteiger partial charge in [-0.2, -0.15) is 0 Å². The number of nitro groups is 1. The summed E-state index contributed by atoms with van der Waals surface area (Å²) in [7, 11) is 1.29. The molecule has 1 aliphatic carbocycles. The van der Waals surface area contributed by atoms with E-state index < -0.39 is 16.8 Å². The third kappa shape index (κ3) is 4.69. The molecule has 2 aliphatic rings. The molecule has 3 aromatic rings. The van der Waals surface area contributed by atoms with E-state index in [4.69, 9.17) is 25.8 Å². The number of esters is 1. The first-order chi connectivity index (χ1) is 19.2. The molecule has 5 rings (SSSR count). The van der Waals surface area contributed by atoms with Crippen molar-refractivity contribution in [1.29, 1.82) is 0 Å². The second kappa shape index (κ2) is 10.9. The van der Waals surface area contributed by atoms with Gasteiger partial charge < -0.3 is 19.5 Å². The quantitative estimate of drug-likeness (QED) is 0.203. The van der Waals surface area contributed by atoms with Crippen LogP contribution in [0.1, 0.15) is 46.8 Å². The van der Waals surface area contributed by atoms with E-state index in [1.165, 1.54) is 19.2 Å². The van der Waals surface area contributed by atoms with Gasteiger partial charge in [0.2, 0.25) is 0 Å². The van der Waals surface area contributed by atoms with E-state index in [2.05, 4.69) is 5.32 Å². The summed E-state index contributed by atoms with van der Waals surface area (Å²) >= 11 is 6.75. The number of ketones is 1. The van der Waals surface area contributed by atoms with Gasteiger partial charge in [0.1, 0.15) is 6.61 Å². The second-order valence-corrected chi connectivity index (χ2v) is 9.63. The zero-order valence-corrected chi connectivity index (χ0v) is 22.7. The number of benzene rings is 3. The number of rotatable bonds is 8. The minimum Gasteiger partial charge on any atom is -0.490 e. The molecule has 0 amide bonds. The third-order valence-corrected chi connectivity index (χ3v) is 7.13. The molecule has 1 heterocycles. The van der Waals surface area contributed by atoms with E-state index in [0.29, 0.717) is 51.6 Å². The third-order valence-electron chi connectivity index (χ3n) is 6.85. The summed E-state index contributed by atoms with van der Waals surface area (Å²) in [4.78, 5) is 37.2. The minimum atomic E-state index is -0.774. The number of carbonyl (C=O) groups excluding carboxylic acids is 2. The average Bonchev–Trinajstić information content (AvgIpc) is 3.23. The molecule has 204 valence electrons. The number of Topliss-reactive ketones (excluding diaryl/α,β-unsaturated/α-hetero) is 1. The predicted molar refractivity (Wildman–Crippen MR) is 148 cm³/mol. The summed E-state index contributed by atoms with van der Waals surface area (Å²) in [5, 5.41) is 14.4. The molecule has 10 heteroatoms. The van der Waals surface area contributed by atoms with Crippen molar-refractivity contribution in [2.75, 3.05) is 13.7 Å². The number of nitrogens with zero attached hydrogens (tertiary/aromatic N) is 1. The number of hydrogen-bond acceptors (Lipinski definition) is 8. The molecule has 0 fully saturated rings. The molecule has 9 nitrogen and oxygen atoms in total. The number of ether oxygens (including phenoxy) is 3. The number of halogens is 1. The smallest absolute Gasteiger partial charge is 0.336 e. The van der Waals surface area contributed by atoms with Crippen LogP contribution in [0, 0.1) is 10.1 Å². The predicted octanol–water partition coefficient (Wildman–Crippen LogP) is 5.97. The largest absolute Gasteiger partial charge is 0.490 e. The second-order valence-electron chi connectivity index (χ2n) is 9.23. The molecule has 1 atom stereocenters. The standard InChI is InChI=1S/C30H25ClN2O7/c1-4-39-23-14-18(13-22(31)29(23)40-15-17-9-11-19(12-10-17)33(36)37)25-24(30(35)38-3)16(2)32-27-20-7-5-6-8-21(20)28(34)26(25)27/h5-14,25,32H,4,15H2,1-3H3/t25-/m1/s1. The Morgan fingerprint density at radius 1 is 1.07 bits per heavy atom. The van der Waals surface area contributed by atoms with Gasteiger partial charge in [-0.25, -0.2) is 4.79 Å². The van der Waals surface area contributed by atoms with Gasteiger partial charge in [-0.1, -0.05) is 35.9 Å². The topological polar surface area (TPSA) is 117 Å². The molecule has 1 aliphatic heterocycles. The van der Waals surface area contributed by atoms with Crippen molar-refractivity contribution in [2.45, 2.75) is 26.4 Å². The van der Waals surface area contributed by atoms with E-state index in [0.717, 1.165) is 5.56 Å². The van der Waals surface area contributed by atoms with Gasteiger partial charge in [-0.05, 0) is 49.2 Å². The van der Waals surface area contributed by atoms with E-state index in [1.807, 2.05) is 19.1 Å². The van der Waals surface area contributed by atoms with Crippen LogP contribution in [-0.2, 0) is 16.1 Å². The Labute approximate surface area is 235 Å². The fraction of sp³-hybridized carbons (Fsp3) is 0.200. The number of non-ortho nitro benzene ring substituents is 1. The highest BCUT2D eigenvalue weighted by Crippen LogP contribution is 2.49. The first kappa shape index (κ1) is 27.0. The number of nitrogens with one attached hydrogen (secondary N) is 1. The number of methoxy groups -OCH3 is 1. The Morgan fingerprint density at radius 2 is 1.77 bits per heavy atom. The van der Waals surface area contributed by atoms with Crippen LogP contribution in [0.3, 0.4) is 0 Å². The fourth-order valence-electron chi connectivity index (χ4n) is 5.07. The lowest BCUT2D eigenvalue weighted by atomic mass is 9.79. The lowest BCUT2D eigenvalue weighted by Gasteiger charge is -2.29. The maximum atomic E-state index is 13.7. The van der Waals surface area contributed by atoms with Crippen molar-refractivity contribution in [3.8, 4) is 11.5 Å². The van der Waals surface area contributed by atoms with E-state index in [1.54, 1.807) is 43.3 Å². The Hall–Kier alpha value is -4.63. The molecule has 40 heavy (non-hydrogen) atoms. The lowest BCUT2D eigenvalue weighted by molar-refractivity contribution is -0.384. The number of hydrogen-bond donors (Lipinski definition) is 1. The van der Waals surface area contributed by atoms with Crippen molar-refractivity contribution < 1.29 is 28.7 Å². The van der Waals surface area contributed by atoms with E-state index >= 15 is 0 Å². The van der Waals surface area contributed by atoms with Gasteiger partial charge in [0.15, 0.2) is 17.3 Å². The summed E-state index contributed by atoms with van der Waals surface area (Å²) < 4.78 is 17.0. The van der Waals surface area contributed by atoms with Crippen molar-refractivity contribution in [3.63, 3.8) is 0 Å². The lowest BCUT2D eigenvalue weighted by Crippen LogP contribution is -2.29. The van der Waals surface area contributed by atoms with Crippen molar-refractivity contribution in [3.05, 3.63) is 115 Å². The van der Waals surface area contributed by atoms with Crippen molar-refractivity contribution in [2.24, 2.45) is 0 Å². The van der Waals surface area contributed by atoms with Crippen molar-refractivity contribution >= 4 is 34.7 Å².